The third-order valence-corrected chi connectivity index (χ3v) is 5.25. The molecule has 0 radical (unpaired) electrons. The minimum Gasteiger partial charge on any atom is -0.490 e. The Kier molecular flexibility index (Phi) is 6.13. The summed E-state index contributed by atoms with van der Waals surface area (Å²) in [5.41, 5.74) is 1.18. The first kappa shape index (κ1) is 17.3. The zero-order valence-electron chi connectivity index (χ0n) is 14.7. The van der Waals surface area contributed by atoms with Crippen molar-refractivity contribution in [1.29, 1.82) is 0 Å². The van der Waals surface area contributed by atoms with E-state index in [-0.39, 0.29) is 11.9 Å². The molecule has 1 aliphatic carbocycles. The molecule has 1 saturated carbocycles. The Balaban J connectivity index is 1.46. The van der Waals surface area contributed by atoms with Gasteiger partial charge in [0.05, 0.1) is 6.10 Å². The lowest BCUT2D eigenvalue weighted by atomic mass is 9.99. The second-order valence-electron chi connectivity index (χ2n) is 7.23. The second-order valence-corrected chi connectivity index (χ2v) is 7.23. The van der Waals surface area contributed by atoms with Crippen molar-refractivity contribution in [3.05, 3.63) is 29.8 Å². The number of aryl methyl sites for hydroxylation is 1. The summed E-state index contributed by atoms with van der Waals surface area (Å²) in [6.45, 7) is 3.20. The van der Waals surface area contributed by atoms with Gasteiger partial charge in [0.1, 0.15) is 5.75 Å². The fourth-order valence-corrected chi connectivity index (χ4v) is 3.75. The van der Waals surface area contributed by atoms with E-state index in [2.05, 4.69) is 29.7 Å². The highest BCUT2D eigenvalue weighted by atomic mass is 16.5. The number of nitrogens with one attached hydrogen (secondary N) is 2. The highest BCUT2D eigenvalue weighted by Gasteiger charge is 2.22. The summed E-state index contributed by atoms with van der Waals surface area (Å²) < 4.78 is 6.05. The quantitative estimate of drug-likeness (QED) is 0.842. The molecule has 0 bridgehead atoms. The largest absolute Gasteiger partial charge is 0.490 e. The van der Waals surface area contributed by atoms with Gasteiger partial charge in [0.25, 0.3) is 0 Å². The smallest absolute Gasteiger partial charge is 0.220 e. The van der Waals surface area contributed by atoms with Gasteiger partial charge in [-0.3, -0.25) is 4.79 Å². The molecule has 24 heavy (non-hydrogen) atoms. The fraction of sp³-hybridized carbons (Fsp3) is 0.650. The summed E-state index contributed by atoms with van der Waals surface area (Å²) in [5, 5.41) is 6.60. The SMILES string of the molecule is CC1NCCCC1NC(=O)CCc1cccc(OC2CCCC2)c1. The van der Waals surface area contributed by atoms with Crippen LogP contribution in [0.3, 0.4) is 0 Å². The van der Waals surface area contributed by atoms with Crippen LogP contribution in [0.2, 0.25) is 0 Å². The van der Waals surface area contributed by atoms with Crippen LogP contribution >= 0.6 is 0 Å². The molecule has 1 aromatic rings. The lowest BCUT2D eigenvalue weighted by Gasteiger charge is -2.30. The molecule has 1 aliphatic heterocycles. The zero-order chi connectivity index (χ0) is 16.8. The number of benzene rings is 1. The molecule has 2 fully saturated rings. The molecule has 4 nitrogen and oxygen atoms in total. The zero-order valence-corrected chi connectivity index (χ0v) is 14.7. The third-order valence-electron chi connectivity index (χ3n) is 5.25. The number of amides is 1. The lowest BCUT2D eigenvalue weighted by Crippen LogP contribution is -2.51. The molecular weight excluding hydrogens is 300 g/mol. The maximum atomic E-state index is 12.2. The Hall–Kier alpha value is -1.55. The molecule has 1 amide bonds. The van der Waals surface area contributed by atoms with Crippen molar-refractivity contribution in [3.63, 3.8) is 0 Å². The second kappa shape index (κ2) is 8.52. The van der Waals surface area contributed by atoms with Crippen molar-refractivity contribution in [2.75, 3.05) is 6.54 Å². The van der Waals surface area contributed by atoms with Gasteiger partial charge in [-0.15, -0.1) is 0 Å². The minimum atomic E-state index is 0.151. The summed E-state index contributed by atoms with van der Waals surface area (Å²) >= 11 is 0. The van der Waals surface area contributed by atoms with Crippen LogP contribution in [-0.4, -0.2) is 30.6 Å². The highest BCUT2D eigenvalue weighted by Crippen LogP contribution is 2.24. The monoisotopic (exact) mass is 330 g/mol. The molecule has 1 saturated heterocycles. The third kappa shape index (κ3) is 4.97. The van der Waals surface area contributed by atoms with Crippen LogP contribution in [0.4, 0.5) is 0 Å². The van der Waals surface area contributed by atoms with Crippen molar-refractivity contribution in [2.45, 2.75) is 76.5 Å². The standard InChI is InChI=1S/C20H30N2O2/c1-15-19(10-5-13-21-15)22-20(23)12-11-16-6-4-9-18(14-16)24-17-7-2-3-8-17/h4,6,9,14-15,17,19,21H,2-3,5,7-8,10-13H2,1H3,(H,22,23). The normalized spacial score (nSPS) is 24.7. The van der Waals surface area contributed by atoms with Crippen molar-refractivity contribution in [3.8, 4) is 5.75 Å². The van der Waals surface area contributed by atoms with E-state index in [0.717, 1.165) is 31.6 Å². The molecule has 132 valence electrons. The topological polar surface area (TPSA) is 50.4 Å². The number of hydrogen-bond acceptors (Lipinski definition) is 3. The summed E-state index contributed by atoms with van der Waals surface area (Å²) in [4.78, 5) is 12.2. The van der Waals surface area contributed by atoms with E-state index < -0.39 is 0 Å². The van der Waals surface area contributed by atoms with Crippen molar-refractivity contribution in [2.24, 2.45) is 0 Å². The lowest BCUT2D eigenvalue weighted by molar-refractivity contribution is -0.122. The van der Waals surface area contributed by atoms with Crippen LogP contribution in [0.25, 0.3) is 0 Å². The molecule has 0 aromatic heterocycles. The predicted octanol–water partition coefficient (Wildman–Crippen LogP) is 3.20. The first-order valence-electron chi connectivity index (χ1n) is 9.49. The first-order valence-corrected chi connectivity index (χ1v) is 9.49. The van der Waals surface area contributed by atoms with Gasteiger partial charge in [-0.25, -0.2) is 0 Å². The van der Waals surface area contributed by atoms with Crippen molar-refractivity contribution >= 4 is 5.91 Å². The van der Waals surface area contributed by atoms with Gasteiger partial charge in [0.2, 0.25) is 5.91 Å². The molecule has 1 aromatic carbocycles. The molecule has 0 spiro atoms. The van der Waals surface area contributed by atoms with Crippen LogP contribution in [0.1, 0.15) is 57.4 Å². The summed E-state index contributed by atoms with van der Waals surface area (Å²) in [7, 11) is 0. The average Bonchev–Trinajstić information content (AvgIpc) is 3.08. The molecule has 2 N–H and O–H groups in total. The van der Waals surface area contributed by atoms with Gasteiger partial charge < -0.3 is 15.4 Å². The van der Waals surface area contributed by atoms with E-state index in [1.54, 1.807) is 0 Å². The van der Waals surface area contributed by atoms with Crippen LogP contribution in [0.15, 0.2) is 24.3 Å². The number of hydrogen-bond donors (Lipinski definition) is 2. The van der Waals surface area contributed by atoms with Crippen molar-refractivity contribution in [1.82, 2.24) is 10.6 Å². The van der Waals surface area contributed by atoms with Gasteiger partial charge in [0, 0.05) is 18.5 Å². The minimum absolute atomic E-state index is 0.151. The summed E-state index contributed by atoms with van der Waals surface area (Å²) in [5.74, 6) is 1.10. The summed E-state index contributed by atoms with van der Waals surface area (Å²) in [6.07, 6.45) is 8.78. The number of carbonyl (C=O) groups is 1. The van der Waals surface area contributed by atoms with Gasteiger partial charge in [-0.1, -0.05) is 12.1 Å². The first-order chi connectivity index (χ1) is 11.7. The number of piperidine rings is 1. The number of carbonyl (C=O) groups excluding carboxylic acids is 1. The van der Waals surface area contributed by atoms with Crippen LogP contribution in [-0.2, 0) is 11.2 Å². The Bertz CT molecular complexity index is 540. The van der Waals surface area contributed by atoms with Gasteiger partial charge in [0.15, 0.2) is 0 Å². The van der Waals surface area contributed by atoms with Gasteiger partial charge >= 0.3 is 0 Å². The van der Waals surface area contributed by atoms with Gasteiger partial charge in [-0.2, -0.15) is 0 Å². The Labute approximate surface area is 145 Å². The van der Waals surface area contributed by atoms with E-state index in [0.29, 0.717) is 18.6 Å². The molecule has 2 atom stereocenters. The van der Waals surface area contributed by atoms with Crippen LogP contribution in [0, 0.1) is 0 Å². The predicted molar refractivity (Wildman–Crippen MR) is 96.3 cm³/mol. The van der Waals surface area contributed by atoms with Gasteiger partial charge in [-0.05, 0) is 76.1 Å². The Morgan fingerprint density at radius 2 is 2.08 bits per heavy atom. The summed E-state index contributed by atoms with van der Waals surface area (Å²) in [6, 6.07) is 8.87. The van der Waals surface area contributed by atoms with Crippen LogP contribution < -0.4 is 15.4 Å². The molecule has 2 unspecified atom stereocenters. The molecule has 2 aliphatic rings. The van der Waals surface area contributed by atoms with E-state index in [1.807, 2.05) is 12.1 Å². The average molecular weight is 330 g/mol. The fourth-order valence-electron chi connectivity index (χ4n) is 3.75. The van der Waals surface area contributed by atoms with E-state index in [9.17, 15) is 4.79 Å². The molecule has 1 heterocycles. The maximum absolute atomic E-state index is 12.2. The Morgan fingerprint density at radius 1 is 1.25 bits per heavy atom. The van der Waals surface area contributed by atoms with E-state index in [4.69, 9.17) is 4.74 Å². The molecule has 4 heteroatoms. The van der Waals surface area contributed by atoms with Crippen LogP contribution in [0.5, 0.6) is 5.75 Å². The Morgan fingerprint density at radius 3 is 2.88 bits per heavy atom. The van der Waals surface area contributed by atoms with E-state index in [1.165, 1.54) is 31.2 Å². The molecular formula is C20H30N2O2. The highest BCUT2D eigenvalue weighted by molar-refractivity contribution is 5.76. The maximum Gasteiger partial charge on any atom is 0.220 e. The van der Waals surface area contributed by atoms with Crippen molar-refractivity contribution < 1.29 is 9.53 Å². The number of rotatable bonds is 6. The number of ether oxygens (including phenoxy) is 1. The van der Waals surface area contributed by atoms with E-state index >= 15 is 0 Å². The molecule has 3 rings (SSSR count).